The number of urea groups is 1. The molecule has 9 nitrogen and oxygen atoms in total. The van der Waals surface area contributed by atoms with Crippen molar-refractivity contribution in [1.82, 2.24) is 9.88 Å². The molecule has 0 saturated carbocycles. The monoisotopic (exact) mass is 523 g/mol. The van der Waals surface area contributed by atoms with Gasteiger partial charge in [-0.05, 0) is 36.4 Å². The maximum Gasteiger partial charge on any atom is 0.371 e. The zero-order valence-electron chi connectivity index (χ0n) is 18.2. The van der Waals surface area contributed by atoms with Crippen LogP contribution in [0.15, 0.2) is 70.8 Å². The smallest absolute Gasteiger partial charge is 0.371 e. The van der Waals surface area contributed by atoms with E-state index in [4.69, 9.17) is 32.7 Å². The van der Waals surface area contributed by atoms with Crippen molar-refractivity contribution in [3.8, 4) is 0 Å². The van der Waals surface area contributed by atoms with Crippen LogP contribution in [-0.4, -0.2) is 33.5 Å². The van der Waals surface area contributed by atoms with E-state index in [2.05, 4.69) is 5.32 Å². The number of carboxylic acid groups (broad SMARTS) is 1. The first kappa shape index (κ1) is 23.4. The molecule has 3 heterocycles. The van der Waals surface area contributed by atoms with Gasteiger partial charge in [0.1, 0.15) is 11.3 Å². The number of rotatable bonds is 5. The molecule has 5 rings (SSSR count). The highest BCUT2D eigenvalue weighted by molar-refractivity contribution is 6.46. The number of hydrogen-bond acceptors (Lipinski definition) is 5. The van der Waals surface area contributed by atoms with Crippen LogP contribution in [0.4, 0.5) is 10.5 Å². The third kappa shape index (κ3) is 4.04. The molecule has 2 aromatic heterocycles. The predicted molar refractivity (Wildman–Crippen MR) is 132 cm³/mol. The van der Waals surface area contributed by atoms with Crippen molar-refractivity contribution in [3.63, 3.8) is 0 Å². The number of aromatic nitrogens is 1. The van der Waals surface area contributed by atoms with Crippen molar-refractivity contribution in [2.75, 3.05) is 4.90 Å². The van der Waals surface area contributed by atoms with E-state index >= 15 is 0 Å². The third-order valence-electron chi connectivity index (χ3n) is 5.59. The summed E-state index contributed by atoms with van der Waals surface area (Å²) in [5, 5.41) is 12.1. The molecule has 0 aliphatic carbocycles. The van der Waals surface area contributed by atoms with Crippen LogP contribution in [0.25, 0.3) is 17.0 Å². The number of nitrogens with zero attached hydrogens (tertiary/aromatic N) is 2. The first-order valence-corrected chi connectivity index (χ1v) is 11.3. The lowest BCUT2D eigenvalue weighted by Gasteiger charge is -2.27. The number of anilines is 1. The van der Waals surface area contributed by atoms with E-state index in [9.17, 15) is 19.2 Å². The number of imide groups is 2. The zero-order chi connectivity index (χ0) is 25.6. The topological polar surface area (TPSA) is 122 Å². The van der Waals surface area contributed by atoms with Crippen molar-refractivity contribution in [1.29, 1.82) is 0 Å². The molecule has 4 aromatic rings. The molecule has 1 aliphatic heterocycles. The van der Waals surface area contributed by atoms with Crippen molar-refractivity contribution >= 4 is 69.7 Å². The highest BCUT2D eigenvalue weighted by atomic mass is 35.5. The largest absolute Gasteiger partial charge is 0.475 e. The van der Waals surface area contributed by atoms with Crippen molar-refractivity contribution in [2.45, 2.75) is 6.54 Å². The summed E-state index contributed by atoms with van der Waals surface area (Å²) >= 11 is 12.3. The van der Waals surface area contributed by atoms with Gasteiger partial charge in [-0.15, -0.1) is 0 Å². The Hall–Kier alpha value is -4.34. The van der Waals surface area contributed by atoms with Crippen molar-refractivity contribution in [3.05, 3.63) is 93.5 Å². The first-order chi connectivity index (χ1) is 17.2. The number of carbonyl (C=O) groups is 4. The van der Waals surface area contributed by atoms with Crippen LogP contribution < -0.4 is 10.2 Å². The second-order valence-electron chi connectivity index (χ2n) is 7.83. The molecule has 4 amide bonds. The number of hydrogen-bond donors (Lipinski definition) is 2. The molecule has 2 aromatic carbocycles. The van der Waals surface area contributed by atoms with Crippen molar-refractivity contribution < 1.29 is 28.7 Å². The molecule has 1 aliphatic rings. The van der Waals surface area contributed by atoms with E-state index in [0.29, 0.717) is 11.3 Å². The number of halogens is 2. The number of aromatic carboxylic acids is 1. The highest BCUT2D eigenvalue weighted by Gasteiger charge is 2.38. The molecule has 0 atom stereocenters. The van der Waals surface area contributed by atoms with Crippen LogP contribution in [0.1, 0.15) is 21.9 Å². The maximum atomic E-state index is 13.3. The fraction of sp³-hybridized carbons (Fsp3) is 0.0400. The SMILES string of the molecule is O=C1NC(=O)N(c2cccc(Cl)c2Cl)C(=O)/C1=C/c1cn(Cc2ccc(C(=O)O)o2)c2ccccc12. The standard InChI is InChI=1S/C25H15Cl2N3O6/c26-17-5-3-7-19(21(17)27)30-23(32)16(22(31)28-25(30)35)10-13-11-29(18-6-2-1-4-15(13)18)12-14-8-9-20(36-14)24(33)34/h1-11H,12H2,(H,33,34)(H,28,31,35)/b16-10+. The predicted octanol–water partition coefficient (Wildman–Crippen LogP) is 4.95. The van der Waals surface area contributed by atoms with Gasteiger partial charge in [0.25, 0.3) is 11.8 Å². The average molecular weight is 524 g/mol. The molecule has 36 heavy (non-hydrogen) atoms. The molecule has 2 N–H and O–H groups in total. The number of nitrogens with one attached hydrogen (secondary N) is 1. The van der Waals surface area contributed by atoms with Crippen LogP contribution >= 0.6 is 23.2 Å². The summed E-state index contributed by atoms with van der Waals surface area (Å²) in [4.78, 5) is 50.4. The number of para-hydroxylation sites is 1. The summed E-state index contributed by atoms with van der Waals surface area (Å²) in [6.07, 6.45) is 3.09. The Kier molecular flexibility index (Phi) is 5.87. The summed E-state index contributed by atoms with van der Waals surface area (Å²) < 4.78 is 7.17. The molecule has 1 fully saturated rings. The minimum Gasteiger partial charge on any atom is -0.475 e. The van der Waals surface area contributed by atoms with E-state index in [0.717, 1.165) is 15.8 Å². The highest BCUT2D eigenvalue weighted by Crippen LogP contribution is 2.35. The maximum absolute atomic E-state index is 13.3. The molecular formula is C25H15Cl2N3O6. The van der Waals surface area contributed by atoms with Gasteiger partial charge in [0.15, 0.2) is 0 Å². The number of carboxylic acids is 1. The number of fused-ring (bicyclic) bond motifs is 1. The van der Waals surface area contributed by atoms with E-state index in [1.54, 1.807) is 22.9 Å². The number of benzene rings is 2. The summed E-state index contributed by atoms with van der Waals surface area (Å²) in [5.74, 6) is -2.66. The molecular weight excluding hydrogens is 509 g/mol. The second kappa shape index (κ2) is 9.03. The average Bonchev–Trinajstić information content (AvgIpc) is 3.45. The second-order valence-corrected chi connectivity index (χ2v) is 8.62. The van der Waals surface area contributed by atoms with Gasteiger partial charge in [-0.3, -0.25) is 14.9 Å². The Labute approximate surface area is 213 Å². The summed E-state index contributed by atoms with van der Waals surface area (Å²) in [7, 11) is 0. The van der Waals surface area contributed by atoms with Crippen LogP contribution in [0, 0.1) is 0 Å². The van der Waals surface area contributed by atoms with Gasteiger partial charge < -0.3 is 14.1 Å². The van der Waals surface area contributed by atoms with Crippen LogP contribution in [-0.2, 0) is 16.1 Å². The minimum atomic E-state index is -1.18. The van der Waals surface area contributed by atoms with E-state index < -0.39 is 23.8 Å². The van der Waals surface area contributed by atoms with Crippen molar-refractivity contribution in [2.24, 2.45) is 0 Å². The number of furan rings is 1. The fourth-order valence-corrected chi connectivity index (χ4v) is 4.34. The van der Waals surface area contributed by atoms with Gasteiger partial charge in [0.05, 0.1) is 22.3 Å². The molecule has 0 radical (unpaired) electrons. The summed E-state index contributed by atoms with van der Waals surface area (Å²) in [5.41, 5.74) is 1.05. The lowest BCUT2D eigenvalue weighted by molar-refractivity contribution is -0.122. The van der Waals surface area contributed by atoms with Crippen LogP contribution in [0.5, 0.6) is 0 Å². The number of carbonyl (C=O) groups excluding carboxylic acids is 3. The molecule has 0 unspecified atom stereocenters. The molecule has 1 saturated heterocycles. The Morgan fingerprint density at radius 2 is 1.81 bits per heavy atom. The minimum absolute atomic E-state index is 0.00727. The third-order valence-corrected chi connectivity index (χ3v) is 6.40. The lowest BCUT2D eigenvalue weighted by atomic mass is 10.1. The van der Waals surface area contributed by atoms with Gasteiger partial charge in [-0.1, -0.05) is 47.5 Å². The molecule has 0 spiro atoms. The first-order valence-electron chi connectivity index (χ1n) is 10.5. The quantitative estimate of drug-likeness (QED) is 0.281. The zero-order valence-corrected chi connectivity index (χ0v) is 19.7. The van der Waals surface area contributed by atoms with E-state index in [1.807, 2.05) is 18.2 Å². The van der Waals surface area contributed by atoms with E-state index in [1.165, 1.54) is 30.3 Å². The normalized spacial score (nSPS) is 15.1. The van der Waals surface area contributed by atoms with E-state index in [-0.39, 0.29) is 33.6 Å². The van der Waals surface area contributed by atoms with Gasteiger partial charge in [0, 0.05) is 22.7 Å². The van der Waals surface area contributed by atoms with Crippen LogP contribution in [0.3, 0.4) is 0 Å². The molecule has 0 bridgehead atoms. The molecule has 180 valence electrons. The van der Waals surface area contributed by atoms with Gasteiger partial charge in [-0.2, -0.15) is 0 Å². The van der Waals surface area contributed by atoms with Gasteiger partial charge in [-0.25, -0.2) is 14.5 Å². The Morgan fingerprint density at radius 1 is 1.03 bits per heavy atom. The fourth-order valence-electron chi connectivity index (χ4n) is 3.96. The van der Waals surface area contributed by atoms with Gasteiger partial charge >= 0.3 is 12.0 Å². The Balaban J connectivity index is 1.57. The van der Waals surface area contributed by atoms with Gasteiger partial charge in [0.2, 0.25) is 5.76 Å². The number of barbiturate groups is 1. The van der Waals surface area contributed by atoms with Crippen LogP contribution in [0.2, 0.25) is 10.0 Å². The molecule has 11 heteroatoms. The lowest BCUT2D eigenvalue weighted by Crippen LogP contribution is -2.54. The Morgan fingerprint density at radius 3 is 2.56 bits per heavy atom. The summed E-state index contributed by atoms with van der Waals surface area (Å²) in [6.45, 7) is 0.208. The summed E-state index contributed by atoms with van der Waals surface area (Å²) in [6, 6.07) is 13.7. The Bertz CT molecular complexity index is 1620. The number of amides is 4.